The molecule has 0 atom stereocenters. The van der Waals surface area contributed by atoms with E-state index < -0.39 is 5.63 Å². The molecular weight excluding hydrogens is 400 g/mol. The summed E-state index contributed by atoms with van der Waals surface area (Å²) in [5, 5.41) is 7.16. The van der Waals surface area contributed by atoms with E-state index >= 15 is 0 Å². The van der Waals surface area contributed by atoms with Gasteiger partial charge < -0.3 is 15.1 Å². The van der Waals surface area contributed by atoms with Gasteiger partial charge in [0, 0.05) is 30.3 Å². The van der Waals surface area contributed by atoms with Gasteiger partial charge in [0.15, 0.2) is 5.11 Å². The molecule has 2 aromatic carbocycles. The lowest BCUT2D eigenvalue weighted by molar-refractivity contribution is 0.560. The molecule has 0 amide bonds. The molecular formula is C22H20N4O3S. The first kappa shape index (κ1) is 19.7. The summed E-state index contributed by atoms with van der Waals surface area (Å²) in [6, 6.07) is 16.2. The third-order valence-corrected chi connectivity index (χ3v) is 5.21. The van der Waals surface area contributed by atoms with Crippen LogP contribution in [-0.2, 0) is 7.05 Å². The highest BCUT2D eigenvalue weighted by molar-refractivity contribution is 7.80. The summed E-state index contributed by atoms with van der Waals surface area (Å²) in [7, 11) is 1.82. The lowest BCUT2D eigenvalue weighted by Crippen LogP contribution is -2.25. The van der Waals surface area contributed by atoms with Crippen molar-refractivity contribution in [1.82, 2.24) is 9.36 Å². The van der Waals surface area contributed by atoms with Crippen LogP contribution in [0.25, 0.3) is 16.7 Å². The Morgan fingerprint density at radius 3 is 2.47 bits per heavy atom. The molecule has 2 heterocycles. The van der Waals surface area contributed by atoms with Crippen molar-refractivity contribution in [2.24, 2.45) is 7.05 Å². The average Bonchev–Trinajstić information content (AvgIpc) is 2.91. The first-order valence-corrected chi connectivity index (χ1v) is 9.72. The van der Waals surface area contributed by atoms with Gasteiger partial charge in [0.1, 0.15) is 11.3 Å². The van der Waals surface area contributed by atoms with Crippen LogP contribution in [0.3, 0.4) is 0 Å². The molecule has 2 aromatic heterocycles. The van der Waals surface area contributed by atoms with Gasteiger partial charge in [-0.2, -0.15) is 0 Å². The van der Waals surface area contributed by atoms with Crippen LogP contribution in [0.1, 0.15) is 11.3 Å². The van der Waals surface area contributed by atoms with E-state index in [1.54, 1.807) is 15.4 Å². The molecule has 30 heavy (non-hydrogen) atoms. The minimum atomic E-state index is -0.403. The smallest absolute Gasteiger partial charge is 0.336 e. The molecule has 0 saturated heterocycles. The molecule has 2 N–H and O–H groups in total. The standard InChI is InChI=1S/C22H20N4O3S/c1-13-11-19(27)29-18-12-15(9-10-17(13)18)23-22(30)24-20-14(2)25(3)26(21(20)28)16-7-5-4-6-8-16/h4-12H,1-3H3,(H2,23,24,30). The first-order valence-electron chi connectivity index (χ1n) is 9.31. The number of nitrogens with zero attached hydrogens (tertiary/aromatic N) is 2. The number of thiocarbonyl (C=S) groups is 1. The fourth-order valence-electron chi connectivity index (χ4n) is 3.39. The number of para-hydroxylation sites is 1. The third-order valence-electron chi connectivity index (χ3n) is 5.00. The number of benzene rings is 2. The molecule has 8 heteroatoms. The Morgan fingerprint density at radius 1 is 1.00 bits per heavy atom. The number of aromatic nitrogens is 2. The number of aryl methyl sites for hydroxylation is 1. The summed E-state index contributed by atoms with van der Waals surface area (Å²) in [4.78, 5) is 24.6. The lowest BCUT2D eigenvalue weighted by Gasteiger charge is -2.10. The van der Waals surface area contributed by atoms with Gasteiger partial charge in [-0.25, -0.2) is 9.48 Å². The van der Waals surface area contributed by atoms with Crippen molar-refractivity contribution in [3.8, 4) is 5.69 Å². The van der Waals surface area contributed by atoms with Crippen molar-refractivity contribution in [2.45, 2.75) is 13.8 Å². The maximum Gasteiger partial charge on any atom is 0.336 e. The molecule has 0 saturated carbocycles. The molecule has 4 rings (SSSR count). The highest BCUT2D eigenvalue weighted by atomic mass is 32.1. The summed E-state index contributed by atoms with van der Waals surface area (Å²) >= 11 is 5.41. The second-order valence-electron chi connectivity index (χ2n) is 6.98. The molecule has 0 bridgehead atoms. The highest BCUT2D eigenvalue weighted by Gasteiger charge is 2.17. The van der Waals surface area contributed by atoms with Crippen LogP contribution in [0, 0.1) is 13.8 Å². The van der Waals surface area contributed by atoms with Crippen molar-refractivity contribution in [3.05, 3.63) is 86.6 Å². The van der Waals surface area contributed by atoms with Crippen molar-refractivity contribution in [2.75, 3.05) is 10.6 Å². The van der Waals surface area contributed by atoms with Crippen LogP contribution in [0.2, 0.25) is 0 Å². The van der Waals surface area contributed by atoms with Gasteiger partial charge in [-0.3, -0.25) is 9.48 Å². The van der Waals surface area contributed by atoms with E-state index in [4.69, 9.17) is 16.6 Å². The first-order chi connectivity index (χ1) is 14.3. The van der Waals surface area contributed by atoms with Gasteiger partial charge >= 0.3 is 5.63 Å². The van der Waals surface area contributed by atoms with E-state index in [2.05, 4.69) is 10.6 Å². The zero-order chi connectivity index (χ0) is 21.4. The third kappa shape index (κ3) is 3.53. The molecule has 0 radical (unpaired) electrons. The number of hydrogen-bond donors (Lipinski definition) is 2. The van der Waals surface area contributed by atoms with Gasteiger partial charge in [0.2, 0.25) is 0 Å². The minimum absolute atomic E-state index is 0.203. The van der Waals surface area contributed by atoms with Crippen LogP contribution in [-0.4, -0.2) is 14.5 Å². The fraction of sp³-hybridized carbons (Fsp3) is 0.136. The fourth-order valence-corrected chi connectivity index (χ4v) is 3.61. The number of hydrogen-bond acceptors (Lipinski definition) is 4. The predicted molar refractivity (Wildman–Crippen MR) is 123 cm³/mol. The van der Waals surface area contributed by atoms with Gasteiger partial charge in [-0.1, -0.05) is 18.2 Å². The molecule has 152 valence electrons. The normalized spacial score (nSPS) is 10.9. The number of anilines is 2. The Morgan fingerprint density at radius 2 is 1.73 bits per heavy atom. The van der Waals surface area contributed by atoms with E-state index in [-0.39, 0.29) is 10.7 Å². The van der Waals surface area contributed by atoms with Crippen molar-refractivity contribution >= 4 is 39.7 Å². The zero-order valence-corrected chi connectivity index (χ0v) is 17.5. The SMILES string of the molecule is Cc1cc(=O)oc2cc(NC(=S)Nc3c(C)n(C)n(-c4ccccc4)c3=O)ccc12. The maximum absolute atomic E-state index is 13.0. The molecule has 0 unspecified atom stereocenters. The molecule has 0 aliphatic carbocycles. The van der Waals surface area contributed by atoms with E-state index in [0.29, 0.717) is 17.0 Å². The van der Waals surface area contributed by atoms with E-state index in [9.17, 15) is 9.59 Å². The Bertz CT molecular complexity index is 1380. The topological polar surface area (TPSA) is 81.2 Å². The molecule has 4 aromatic rings. The number of fused-ring (bicyclic) bond motifs is 1. The molecule has 0 aliphatic heterocycles. The minimum Gasteiger partial charge on any atom is -0.423 e. The van der Waals surface area contributed by atoms with Crippen LogP contribution in [0.5, 0.6) is 0 Å². The van der Waals surface area contributed by atoms with Crippen molar-refractivity contribution < 1.29 is 4.42 Å². The van der Waals surface area contributed by atoms with Crippen molar-refractivity contribution in [1.29, 1.82) is 0 Å². The van der Waals surface area contributed by atoms with E-state index in [0.717, 1.165) is 22.3 Å². The summed E-state index contributed by atoms with van der Waals surface area (Å²) in [5.41, 5.74) is 3.25. The Hall–Kier alpha value is -3.65. The summed E-state index contributed by atoms with van der Waals surface area (Å²) in [6.45, 7) is 3.70. The maximum atomic E-state index is 13.0. The number of rotatable bonds is 3. The highest BCUT2D eigenvalue weighted by Crippen LogP contribution is 2.21. The van der Waals surface area contributed by atoms with E-state index in [1.165, 1.54) is 6.07 Å². The molecule has 0 fully saturated rings. The van der Waals surface area contributed by atoms with Crippen LogP contribution >= 0.6 is 12.2 Å². The predicted octanol–water partition coefficient (Wildman–Crippen LogP) is 3.71. The molecule has 0 aliphatic rings. The van der Waals surface area contributed by atoms with Gasteiger partial charge in [-0.05, 0) is 55.9 Å². The van der Waals surface area contributed by atoms with Gasteiger partial charge in [-0.15, -0.1) is 0 Å². The largest absolute Gasteiger partial charge is 0.423 e. The second-order valence-corrected chi connectivity index (χ2v) is 7.38. The second kappa shape index (κ2) is 7.64. The van der Waals surface area contributed by atoms with E-state index in [1.807, 2.05) is 63.4 Å². The Kier molecular flexibility index (Phi) is 5.01. The summed E-state index contributed by atoms with van der Waals surface area (Å²) in [6.07, 6.45) is 0. The Labute approximate surface area is 177 Å². The number of nitrogens with one attached hydrogen (secondary N) is 2. The zero-order valence-electron chi connectivity index (χ0n) is 16.7. The Balaban J connectivity index is 1.62. The van der Waals surface area contributed by atoms with Crippen LogP contribution < -0.4 is 21.8 Å². The summed E-state index contributed by atoms with van der Waals surface area (Å²) < 4.78 is 8.62. The van der Waals surface area contributed by atoms with Crippen LogP contribution in [0.15, 0.2) is 68.6 Å². The van der Waals surface area contributed by atoms with Crippen molar-refractivity contribution in [3.63, 3.8) is 0 Å². The molecule has 0 spiro atoms. The lowest BCUT2D eigenvalue weighted by atomic mass is 10.1. The monoisotopic (exact) mass is 420 g/mol. The quantitative estimate of drug-likeness (QED) is 0.389. The van der Waals surface area contributed by atoms with Gasteiger partial charge in [0.05, 0.1) is 11.4 Å². The molecule has 7 nitrogen and oxygen atoms in total. The average molecular weight is 420 g/mol. The van der Waals surface area contributed by atoms with Crippen LogP contribution in [0.4, 0.5) is 11.4 Å². The van der Waals surface area contributed by atoms with Gasteiger partial charge in [0.25, 0.3) is 5.56 Å². The summed E-state index contributed by atoms with van der Waals surface area (Å²) in [5.74, 6) is 0.